The Morgan fingerprint density at radius 3 is 1.69 bits per heavy atom. The van der Waals surface area contributed by atoms with Crippen LogP contribution in [0.4, 0.5) is 28.4 Å². The number of aromatic nitrogens is 4. The van der Waals surface area contributed by atoms with Gasteiger partial charge in [-0.25, -0.2) is 22.7 Å². The average molecular weight is 760 g/mol. The molecule has 1 unspecified atom stereocenters. The molecule has 3 N–H and O–H groups in total. The molecule has 2 heterocycles. The van der Waals surface area contributed by atoms with Crippen LogP contribution in [0.5, 0.6) is 11.8 Å². The summed E-state index contributed by atoms with van der Waals surface area (Å²) in [5.74, 6) is -1.51. The quantitative estimate of drug-likeness (QED) is 0.132. The van der Waals surface area contributed by atoms with E-state index in [0.717, 1.165) is 19.5 Å². The fraction of sp³-hybridized carbons (Fsp3) is 0.333. The average Bonchev–Trinajstić information content (AvgIpc) is 3.12. The van der Waals surface area contributed by atoms with Crippen molar-refractivity contribution in [3.05, 3.63) is 78.1 Å². The predicted molar refractivity (Wildman–Crippen MR) is 189 cm³/mol. The number of aromatic hydroxyl groups is 2. The van der Waals surface area contributed by atoms with Crippen molar-refractivity contribution >= 4 is 49.7 Å². The second kappa shape index (κ2) is 15.8. The van der Waals surface area contributed by atoms with Crippen molar-refractivity contribution in [3.63, 3.8) is 0 Å². The lowest BCUT2D eigenvalue weighted by Crippen LogP contribution is -2.36. The lowest BCUT2D eigenvalue weighted by Gasteiger charge is -2.29. The molecule has 2 aromatic heterocycles. The van der Waals surface area contributed by atoms with E-state index >= 15 is 0 Å². The number of azo groups is 2. The van der Waals surface area contributed by atoms with Crippen LogP contribution < -0.4 is 31.5 Å². The predicted octanol–water partition coefficient (Wildman–Crippen LogP) is 2.09. The van der Waals surface area contributed by atoms with Gasteiger partial charge in [0.2, 0.25) is 33.2 Å². The van der Waals surface area contributed by atoms with Crippen molar-refractivity contribution in [2.24, 2.45) is 48.6 Å². The second-order valence-electron chi connectivity index (χ2n) is 11.3. The zero-order valence-electron chi connectivity index (χ0n) is 28.8. The van der Waals surface area contributed by atoms with Crippen molar-refractivity contribution in [2.75, 3.05) is 17.4 Å². The molecule has 0 aliphatic rings. The van der Waals surface area contributed by atoms with E-state index in [4.69, 9.17) is 0 Å². The summed E-state index contributed by atoms with van der Waals surface area (Å²) in [5, 5.41) is 36.3. The molecule has 0 aliphatic carbocycles. The first kappa shape index (κ1) is 39.2. The van der Waals surface area contributed by atoms with Crippen LogP contribution in [0.25, 0.3) is 11.1 Å². The minimum absolute atomic E-state index is 0.00167. The van der Waals surface area contributed by atoms with Crippen LogP contribution in [0.15, 0.2) is 80.9 Å². The minimum atomic E-state index is -4.31. The SMILES string of the molecule is CCCNS(=O)(=O)c1cc(N=Nc2c(O)n(C)c(=O)n(C)c2=O)ccc1-c1ccc(N=Nc2c(O)n(C)c(=O)n(C)c2=O)cc1N(CCC)S(=O)[O-]. The van der Waals surface area contributed by atoms with Crippen LogP contribution in [0, 0.1) is 0 Å². The standard InChI is InChI=1S/C30H36N10O10S2/c1-7-13-31-52(49,50)22-16-18(33-35-24-27(43)38(5)30(46)39(6)28(24)44)10-12-20(22)19-11-9-17(15-21(19)40(14-8-2)51(47)48)32-34-23-25(41)36(3)29(45)37(4)26(23)42/h9-12,15-16,31,41,43H,7-8,13-14H2,1-6H3,(H,47,48)/p-1. The molecule has 0 saturated carbocycles. The molecule has 20 nitrogen and oxygen atoms in total. The van der Waals surface area contributed by atoms with E-state index < -0.39 is 66.9 Å². The van der Waals surface area contributed by atoms with Gasteiger partial charge in [-0.2, -0.15) is 10.2 Å². The van der Waals surface area contributed by atoms with Gasteiger partial charge in [-0.05, 0) is 37.1 Å². The maximum Gasteiger partial charge on any atom is 0.333 e. The molecule has 0 saturated heterocycles. The Kier molecular flexibility index (Phi) is 11.9. The Balaban J connectivity index is 1.96. The van der Waals surface area contributed by atoms with E-state index in [1.165, 1.54) is 58.5 Å². The second-order valence-corrected chi connectivity index (χ2v) is 13.9. The maximum absolute atomic E-state index is 13.7. The first-order valence-electron chi connectivity index (χ1n) is 15.4. The summed E-state index contributed by atoms with van der Waals surface area (Å²) in [6.45, 7) is 3.48. The highest BCUT2D eigenvalue weighted by atomic mass is 32.2. The van der Waals surface area contributed by atoms with Gasteiger partial charge in [0, 0.05) is 63.7 Å². The van der Waals surface area contributed by atoms with Crippen molar-refractivity contribution in [1.82, 2.24) is 23.0 Å². The Morgan fingerprint density at radius 1 is 0.750 bits per heavy atom. The van der Waals surface area contributed by atoms with Gasteiger partial charge in [0.25, 0.3) is 11.1 Å². The number of hydrogen-bond acceptors (Lipinski definition) is 14. The molecule has 1 atom stereocenters. The fourth-order valence-electron chi connectivity index (χ4n) is 4.85. The van der Waals surface area contributed by atoms with Crippen molar-refractivity contribution in [2.45, 2.75) is 31.6 Å². The molecule has 0 bridgehead atoms. The van der Waals surface area contributed by atoms with E-state index in [1.807, 2.05) is 0 Å². The van der Waals surface area contributed by atoms with Crippen LogP contribution in [-0.2, 0) is 49.5 Å². The summed E-state index contributed by atoms with van der Waals surface area (Å²) in [7, 11) is 0.487. The number of anilines is 1. The van der Waals surface area contributed by atoms with Crippen LogP contribution in [0.1, 0.15) is 26.7 Å². The van der Waals surface area contributed by atoms with Crippen molar-refractivity contribution in [3.8, 4) is 22.9 Å². The molecule has 0 fully saturated rings. The van der Waals surface area contributed by atoms with Gasteiger partial charge in [-0.1, -0.05) is 26.0 Å². The first-order chi connectivity index (χ1) is 24.5. The Labute approximate surface area is 298 Å². The lowest BCUT2D eigenvalue weighted by atomic mass is 10.0. The topological polar surface area (TPSA) is 267 Å². The summed E-state index contributed by atoms with van der Waals surface area (Å²) in [4.78, 5) is 49.2. The van der Waals surface area contributed by atoms with Gasteiger partial charge in [0.15, 0.2) is 0 Å². The van der Waals surface area contributed by atoms with E-state index in [0.29, 0.717) is 22.0 Å². The smallest absolute Gasteiger partial charge is 0.333 e. The molecule has 0 amide bonds. The van der Waals surface area contributed by atoms with Gasteiger partial charge >= 0.3 is 11.4 Å². The summed E-state index contributed by atoms with van der Waals surface area (Å²) < 4.78 is 58.8. The van der Waals surface area contributed by atoms with E-state index in [1.54, 1.807) is 13.8 Å². The molecular weight excluding hydrogens is 725 g/mol. The van der Waals surface area contributed by atoms with Gasteiger partial charge in [-0.3, -0.25) is 32.1 Å². The molecule has 0 spiro atoms. The van der Waals surface area contributed by atoms with Crippen LogP contribution >= 0.6 is 0 Å². The molecule has 2 aromatic carbocycles. The summed E-state index contributed by atoms with van der Waals surface area (Å²) >= 11 is -2.87. The Bertz CT molecular complexity index is 2480. The maximum atomic E-state index is 13.7. The number of sulfonamides is 1. The number of nitrogens with one attached hydrogen (secondary N) is 1. The lowest BCUT2D eigenvalue weighted by molar-refractivity contribution is 0.413. The normalized spacial score (nSPS) is 12.6. The summed E-state index contributed by atoms with van der Waals surface area (Å²) in [5.41, 5.74) is -4.61. The minimum Gasteiger partial charge on any atom is -0.755 e. The molecule has 0 radical (unpaired) electrons. The largest absolute Gasteiger partial charge is 0.755 e. The van der Waals surface area contributed by atoms with Crippen molar-refractivity contribution < 1.29 is 27.4 Å². The highest BCUT2D eigenvalue weighted by Crippen LogP contribution is 2.40. The molecule has 4 rings (SSSR count). The molecule has 0 aliphatic heterocycles. The Morgan fingerprint density at radius 2 is 1.23 bits per heavy atom. The third-order valence-electron chi connectivity index (χ3n) is 7.70. The zero-order valence-corrected chi connectivity index (χ0v) is 30.4. The van der Waals surface area contributed by atoms with Crippen LogP contribution in [0.3, 0.4) is 0 Å². The molecule has 22 heteroatoms. The zero-order chi connectivity index (χ0) is 38.7. The van der Waals surface area contributed by atoms with Gasteiger partial charge in [0.1, 0.15) is 0 Å². The van der Waals surface area contributed by atoms with Gasteiger partial charge in [-0.15, -0.1) is 10.2 Å². The van der Waals surface area contributed by atoms with E-state index in [9.17, 15) is 46.6 Å². The van der Waals surface area contributed by atoms with Gasteiger partial charge in [0.05, 0.1) is 22.0 Å². The molecule has 4 aromatic rings. The monoisotopic (exact) mass is 759 g/mol. The van der Waals surface area contributed by atoms with E-state index in [-0.39, 0.29) is 46.2 Å². The number of benzene rings is 2. The third-order valence-corrected chi connectivity index (χ3v) is 9.94. The highest BCUT2D eigenvalue weighted by molar-refractivity contribution is 7.89. The molecular formula is C30H35N10O10S2-. The molecule has 278 valence electrons. The van der Waals surface area contributed by atoms with Crippen LogP contribution in [0.2, 0.25) is 0 Å². The number of rotatable bonds is 13. The number of nitrogens with zero attached hydrogens (tertiary/aromatic N) is 9. The highest BCUT2D eigenvalue weighted by Gasteiger charge is 2.24. The van der Waals surface area contributed by atoms with Crippen LogP contribution in [-0.4, -0.2) is 58.8 Å². The van der Waals surface area contributed by atoms with Crippen molar-refractivity contribution in [1.29, 1.82) is 0 Å². The molecule has 52 heavy (non-hydrogen) atoms. The van der Waals surface area contributed by atoms with Gasteiger partial charge < -0.3 is 19.1 Å². The van der Waals surface area contributed by atoms with E-state index in [2.05, 4.69) is 25.2 Å². The summed E-state index contributed by atoms with van der Waals surface area (Å²) in [6, 6.07) is 7.86. The fourth-order valence-corrected chi connectivity index (χ4v) is 6.86. The Hall–Kier alpha value is -5.58. The third kappa shape index (κ3) is 7.68. The number of hydrogen-bond donors (Lipinski definition) is 3. The summed E-state index contributed by atoms with van der Waals surface area (Å²) in [6.07, 6.45) is 0.781. The first-order valence-corrected chi connectivity index (χ1v) is 17.9.